The Kier molecular flexibility index (Phi) is 8.03. The fraction of sp³-hybridized carbons (Fsp3) is 0. The number of fused-ring (bicyclic) bond motifs is 9. The van der Waals surface area contributed by atoms with Crippen LogP contribution in [0.15, 0.2) is 223 Å². The highest BCUT2D eigenvalue weighted by atomic mass is 32.1. The lowest BCUT2D eigenvalue weighted by molar-refractivity contribution is 0.669. The van der Waals surface area contributed by atoms with Gasteiger partial charge in [-0.2, -0.15) is 0 Å². The van der Waals surface area contributed by atoms with Crippen LogP contribution >= 0.6 is 11.3 Å². The van der Waals surface area contributed by atoms with Crippen LogP contribution in [-0.4, -0.2) is 0 Å². The van der Waals surface area contributed by atoms with Crippen LogP contribution in [0.3, 0.4) is 0 Å². The normalized spacial score (nSPS) is 11.7. The second-order valence-electron chi connectivity index (χ2n) is 15.3. The molecule has 282 valence electrons. The van der Waals surface area contributed by atoms with Gasteiger partial charge in [0, 0.05) is 65.1 Å². The molecule has 3 nitrogen and oxygen atoms in total. The van der Waals surface area contributed by atoms with Crippen LogP contribution in [-0.2, 0) is 0 Å². The molecule has 0 radical (unpaired) electrons. The van der Waals surface area contributed by atoms with E-state index in [0.717, 1.165) is 61.6 Å². The van der Waals surface area contributed by atoms with E-state index in [1.165, 1.54) is 47.3 Å². The SMILES string of the molecule is c1ccc(N(c2cc(-c3cc4ccccc4c4ccccc34)cc(N(c3ccccc3)c3ccc4sc5ccccc5c4c3)c2)c2ccc3oc4ccccc4c3c2)cc1. The molecule has 0 spiro atoms. The number of anilines is 6. The number of thiophene rings is 1. The molecule has 2 aromatic heterocycles. The average molecular weight is 785 g/mol. The van der Waals surface area contributed by atoms with Gasteiger partial charge in [0.2, 0.25) is 0 Å². The summed E-state index contributed by atoms with van der Waals surface area (Å²) in [6.07, 6.45) is 0. The Morgan fingerprint density at radius 3 is 1.57 bits per heavy atom. The maximum Gasteiger partial charge on any atom is 0.135 e. The molecule has 0 unspecified atom stereocenters. The van der Waals surface area contributed by atoms with Gasteiger partial charge < -0.3 is 14.2 Å². The molecule has 0 fully saturated rings. The molecule has 60 heavy (non-hydrogen) atoms. The molecule has 0 N–H and O–H groups in total. The molecule has 10 aromatic carbocycles. The lowest BCUT2D eigenvalue weighted by atomic mass is 9.92. The minimum absolute atomic E-state index is 0.872. The first-order valence-electron chi connectivity index (χ1n) is 20.3. The summed E-state index contributed by atoms with van der Waals surface area (Å²) in [4.78, 5) is 4.80. The maximum absolute atomic E-state index is 6.33. The van der Waals surface area contributed by atoms with Crippen molar-refractivity contribution in [1.82, 2.24) is 0 Å². The van der Waals surface area contributed by atoms with Crippen LogP contribution in [0.5, 0.6) is 0 Å². The van der Waals surface area contributed by atoms with Crippen molar-refractivity contribution in [3.05, 3.63) is 218 Å². The van der Waals surface area contributed by atoms with Crippen molar-refractivity contribution in [2.24, 2.45) is 0 Å². The molecule has 0 aliphatic rings. The first kappa shape index (κ1) is 34.4. The van der Waals surface area contributed by atoms with E-state index in [-0.39, 0.29) is 0 Å². The number of benzene rings is 10. The van der Waals surface area contributed by atoms with Crippen LogP contribution < -0.4 is 9.80 Å². The first-order valence-corrected chi connectivity index (χ1v) is 21.1. The van der Waals surface area contributed by atoms with Crippen molar-refractivity contribution < 1.29 is 4.42 Å². The second kappa shape index (κ2) is 14.0. The summed E-state index contributed by atoms with van der Waals surface area (Å²) in [6, 6.07) is 79.0. The number of hydrogen-bond donors (Lipinski definition) is 0. The fourth-order valence-corrected chi connectivity index (χ4v) is 10.1. The van der Waals surface area contributed by atoms with Crippen LogP contribution in [0.4, 0.5) is 34.1 Å². The minimum atomic E-state index is 0.872. The highest BCUT2D eigenvalue weighted by Crippen LogP contribution is 2.47. The summed E-state index contributed by atoms with van der Waals surface area (Å²) in [5.41, 5.74) is 10.5. The van der Waals surface area contributed by atoms with Crippen molar-refractivity contribution in [1.29, 1.82) is 0 Å². The van der Waals surface area contributed by atoms with Gasteiger partial charge in [-0.05, 0) is 130 Å². The van der Waals surface area contributed by atoms with Gasteiger partial charge in [-0.25, -0.2) is 0 Å². The van der Waals surface area contributed by atoms with Gasteiger partial charge in [0.1, 0.15) is 11.2 Å². The second-order valence-corrected chi connectivity index (χ2v) is 16.4. The van der Waals surface area contributed by atoms with Crippen LogP contribution in [0.2, 0.25) is 0 Å². The Bertz CT molecular complexity index is 3390. The summed E-state index contributed by atoms with van der Waals surface area (Å²) in [5, 5.41) is 9.65. The molecule has 12 aromatic rings. The summed E-state index contributed by atoms with van der Waals surface area (Å²) in [6.45, 7) is 0. The van der Waals surface area contributed by atoms with Gasteiger partial charge in [-0.1, -0.05) is 121 Å². The van der Waals surface area contributed by atoms with E-state index in [1.807, 2.05) is 23.5 Å². The quantitative estimate of drug-likeness (QED) is 0.150. The smallest absolute Gasteiger partial charge is 0.135 e. The van der Waals surface area contributed by atoms with Gasteiger partial charge in [-0.15, -0.1) is 11.3 Å². The van der Waals surface area contributed by atoms with Crippen LogP contribution in [0.1, 0.15) is 0 Å². The highest BCUT2D eigenvalue weighted by Gasteiger charge is 2.22. The fourth-order valence-electron chi connectivity index (χ4n) is 9.06. The third-order valence-corrected chi connectivity index (χ3v) is 12.9. The Balaban J connectivity index is 1.16. The zero-order valence-corrected chi connectivity index (χ0v) is 33.3. The van der Waals surface area contributed by atoms with Gasteiger partial charge in [0.05, 0.1) is 0 Å². The Morgan fingerprint density at radius 1 is 0.300 bits per heavy atom. The summed E-state index contributed by atoms with van der Waals surface area (Å²) in [7, 11) is 0. The molecule has 0 aliphatic carbocycles. The standard InChI is InChI=1S/C56H36N2OS/c1-3-16-39(17-4-1)57(41-27-29-54-51(35-41)48-23-11-13-25-53(48)59-54)43-31-38(50-33-37-15-7-8-20-45(37)46-21-9-10-22-47(46)50)32-44(34-43)58(40-18-5-2-6-19-40)42-28-30-56-52(36-42)49-24-12-14-26-55(49)60-56/h1-36H. The van der Waals surface area contributed by atoms with E-state index in [4.69, 9.17) is 4.42 Å². The van der Waals surface area contributed by atoms with Crippen molar-refractivity contribution in [3.8, 4) is 11.1 Å². The van der Waals surface area contributed by atoms with Crippen molar-refractivity contribution in [3.63, 3.8) is 0 Å². The molecule has 0 aliphatic heterocycles. The number of rotatable bonds is 7. The molecule has 0 bridgehead atoms. The highest BCUT2D eigenvalue weighted by molar-refractivity contribution is 7.25. The Labute approximate surface area is 351 Å². The molecule has 0 atom stereocenters. The van der Waals surface area contributed by atoms with E-state index in [0.29, 0.717) is 0 Å². The van der Waals surface area contributed by atoms with Gasteiger partial charge in [0.25, 0.3) is 0 Å². The molecule has 0 saturated heterocycles. The van der Waals surface area contributed by atoms with Crippen molar-refractivity contribution >= 4 is 109 Å². The largest absolute Gasteiger partial charge is 0.456 e. The van der Waals surface area contributed by atoms with Crippen LogP contribution in [0.25, 0.3) is 74.8 Å². The Morgan fingerprint density at radius 2 is 0.833 bits per heavy atom. The van der Waals surface area contributed by atoms with E-state index in [2.05, 4.69) is 216 Å². The third-order valence-electron chi connectivity index (χ3n) is 11.8. The summed E-state index contributed by atoms with van der Waals surface area (Å²) in [5.74, 6) is 0. The number of nitrogens with zero attached hydrogens (tertiary/aromatic N) is 2. The molecule has 4 heteroatoms. The van der Waals surface area contributed by atoms with E-state index >= 15 is 0 Å². The monoisotopic (exact) mass is 784 g/mol. The predicted octanol–water partition coefficient (Wildman–Crippen LogP) is 16.9. The van der Waals surface area contributed by atoms with E-state index < -0.39 is 0 Å². The van der Waals surface area contributed by atoms with Crippen molar-refractivity contribution in [2.75, 3.05) is 9.80 Å². The third kappa shape index (κ3) is 5.72. The lowest BCUT2D eigenvalue weighted by Crippen LogP contribution is -2.13. The maximum atomic E-state index is 6.33. The molecular formula is C56H36N2OS. The lowest BCUT2D eigenvalue weighted by Gasteiger charge is -2.30. The molecular weight excluding hydrogens is 749 g/mol. The van der Waals surface area contributed by atoms with Gasteiger partial charge in [-0.3, -0.25) is 0 Å². The summed E-state index contributed by atoms with van der Waals surface area (Å²) >= 11 is 1.85. The van der Waals surface area contributed by atoms with Crippen LogP contribution in [0, 0.1) is 0 Å². The number of hydrogen-bond acceptors (Lipinski definition) is 4. The molecule has 0 amide bonds. The first-order chi connectivity index (χ1) is 29.7. The van der Waals surface area contributed by atoms with E-state index in [9.17, 15) is 0 Å². The molecule has 12 rings (SSSR count). The van der Waals surface area contributed by atoms with Gasteiger partial charge >= 0.3 is 0 Å². The average Bonchev–Trinajstić information content (AvgIpc) is 3.88. The zero-order valence-electron chi connectivity index (χ0n) is 32.5. The number of furan rings is 1. The number of para-hydroxylation sites is 3. The van der Waals surface area contributed by atoms with E-state index in [1.54, 1.807) is 0 Å². The minimum Gasteiger partial charge on any atom is -0.456 e. The molecule has 2 heterocycles. The topological polar surface area (TPSA) is 19.6 Å². The predicted molar refractivity (Wildman–Crippen MR) is 256 cm³/mol. The van der Waals surface area contributed by atoms with Gasteiger partial charge in [0.15, 0.2) is 0 Å². The zero-order chi connectivity index (χ0) is 39.6. The van der Waals surface area contributed by atoms with Crippen molar-refractivity contribution in [2.45, 2.75) is 0 Å². The Hall–Kier alpha value is -7.66. The summed E-state index contributed by atoms with van der Waals surface area (Å²) < 4.78 is 8.90. The molecule has 0 saturated carbocycles.